The summed E-state index contributed by atoms with van der Waals surface area (Å²) in [5.41, 5.74) is 0. The fraction of sp³-hybridized carbons (Fsp3) is 0.556. The lowest BCUT2D eigenvalue weighted by Crippen LogP contribution is -2.34. The highest BCUT2D eigenvalue weighted by Gasteiger charge is 2.17. The predicted octanol–water partition coefficient (Wildman–Crippen LogP) is 1.31. The number of carbonyl (C=O) groups excluding carboxylic acids is 1. The molecule has 0 saturated carbocycles. The van der Waals surface area contributed by atoms with Crippen molar-refractivity contribution >= 4 is 17.1 Å². The molecule has 1 aromatic rings. The average molecular weight is 196 g/mol. The summed E-state index contributed by atoms with van der Waals surface area (Å²) < 4.78 is 0. The molecule has 0 spiro atoms. The highest BCUT2D eigenvalue weighted by Crippen LogP contribution is 2.12. The summed E-state index contributed by atoms with van der Waals surface area (Å²) in [4.78, 5) is 17.5. The first-order chi connectivity index (χ1) is 6.34. The second-order valence-corrected chi connectivity index (χ2v) is 4.26. The number of ketones is 1. The first-order valence-corrected chi connectivity index (χ1v) is 5.35. The Hall–Kier alpha value is -0.740. The summed E-state index contributed by atoms with van der Waals surface area (Å²) in [5.74, 6) is 0.364. The molecule has 13 heavy (non-hydrogen) atoms. The van der Waals surface area contributed by atoms with Crippen LogP contribution in [0.15, 0.2) is 11.6 Å². The quantitative estimate of drug-likeness (QED) is 0.715. The van der Waals surface area contributed by atoms with E-state index in [-0.39, 0.29) is 0 Å². The van der Waals surface area contributed by atoms with Crippen LogP contribution in [0.25, 0.3) is 0 Å². The molecule has 2 rings (SSSR count). The molecule has 1 aliphatic heterocycles. The number of thiazole rings is 1. The van der Waals surface area contributed by atoms with E-state index in [1.807, 2.05) is 11.6 Å². The SMILES string of the molecule is O=C1CCCN(Cc2nccs2)C1. The summed E-state index contributed by atoms with van der Waals surface area (Å²) in [6.45, 7) is 2.48. The van der Waals surface area contributed by atoms with Crippen molar-refractivity contribution in [2.75, 3.05) is 13.1 Å². The van der Waals surface area contributed by atoms with Gasteiger partial charge in [0.05, 0.1) is 13.1 Å². The Balaban J connectivity index is 1.91. The van der Waals surface area contributed by atoms with Crippen molar-refractivity contribution < 1.29 is 4.79 Å². The van der Waals surface area contributed by atoms with Crippen molar-refractivity contribution in [3.8, 4) is 0 Å². The van der Waals surface area contributed by atoms with E-state index in [1.165, 1.54) is 0 Å². The normalized spacial score (nSPS) is 19.2. The second-order valence-electron chi connectivity index (χ2n) is 3.28. The first-order valence-electron chi connectivity index (χ1n) is 4.47. The van der Waals surface area contributed by atoms with Crippen molar-refractivity contribution in [1.29, 1.82) is 0 Å². The highest BCUT2D eigenvalue weighted by molar-refractivity contribution is 7.09. The fourth-order valence-corrected chi connectivity index (χ4v) is 2.22. The standard InChI is InChI=1S/C9H12N2OS/c12-8-2-1-4-11(6-8)7-9-10-3-5-13-9/h3,5H,1-2,4,6-7H2. The van der Waals surface area contributed by atoms with Crippen LogP contribution < -0.4 is 0 Å². The van der Waals surface area contributed by atoms with Crippen LogP contribution in [0.3, 0.4) is 0 Å². The summed E-state index contributed by atoms with van der Waals surface area (Å²) in [6, 6.07) is 0. The van der Waals surface area contributed by atoms with Crippen LogP contribution in [0, 0.1) is 0 Å². The molecule has 0 aliphatic carbocycles. The minimum absolute atomic E-state index is 0.364. The average Bonchev–Trinajstić information content (AvgIpc) is 2.57. The molecule has 1 fully saturated rings. The van der Waals surface area contributed by atoms with Gasteiger partial charge in [-0.2, -0.15) is 0 Å². The van der Waals surface area contributed by atoms with Crippen LogP contribution in [0.5, 0.6) is 0 Å². The lowest BCUT2D eigenvalue weighted by molar-refractivity contribution is -0.122. The van der Waals surface area contributed by atoms with Gasteiger partial charge in [0.1, 0.15) is 10.8 Å². The van der Waals surface area contributed by atoms with E-state index in [9.17, 15) is 4.79 Å². The maximum atomic E-state index is 11.1. The van der Waals surface area contributed by atoms with Gasteiger partial charge in [0.15, 0.2) is 0 Å². The van der Waals surface area contributed by atoms with Crippen molar-refractivity contribution in [2.45, 2.75) is 19.4 Å². The molecule has 0 N–H and O–H groups in total. The lowest BCUT2D eigenvalue weighted by Gasteiger charge is -2.24. The molecule has 0 unspecified atom stereocenters. The van der Waals surface area contributed by atoms with Gasteiger partial charge in [0, 0.05) is 18.0 Å². The van der Waals surface area contributed by atoms with Crippen LogP contribution in [-0.2, 0) is 11.3 Å². The zero-order chi connectivity index (χ0) is 9.10. The number of rotatable bonds is 2. The van der Waals surface area contributed by atoms with E-state index in [2.05, 4.69) is 9.88 Å². The van der Waals surface area contributed by atoms with Gasteiger partial charge >= 0.3 is 0 Å². The number of hydrogen-bond donors (Lipinski definition) is 0. The number of likely N-dealkylation sites (tertiary alicyclic amines) is 1. The lowest BCUT2D eigenvalue weighted by atomic mass is 10.1. The van der Waals surface area contributed by atoms with Gasteiger partial charge in [-0.25, -0.2) is 4.98 Å². The number of Topliss-reactive ketones (excluding diaryl/α,β-unsaturated/α-hetero) is 1. The van der Waals surface area contributed by atoms with E-state index in [4.69, 9.17) is 0 Å². The van der Waals surface area contributed by atoms with Crippen LogP contribution in [-0.4, -0.2) is 28.8 Å². The third kappa shape index (κ3) is 2.35. The van der Waals surface area contributed by atoms with E-state index >= 15 is 0 Å². The zero-order valence-electron chi connectivity index (χ0n) is 7.40. The molecule has 1 aromatic heterocycles. The number of piperidine rings is 1. The second kappa shape index (κ2) is 3.98. The minimum Gasteiger partial charge on any atom is -0.298 e. The summed E-state index contributed by atoms with van der Waals surface area (Å²) in [6.07, 6.45) is 3.57. The molecule has 2 heterocycles. The minimum atomic E-state index is 0.364. The Labute approximate surface area is 81.4 Å². The van der Waals surface area contributed by atoms with Gasteiger partial charge in [-0.15, -0.1) is 11.3 Å². The smallest absolute Gasteiger partial charge is 0.146 e. The van der Waals surface area contributed by atoms with Gasteiger partial charge in [0.2, 0.25) is 0 Å². The summed E-state index contributed by atoms with van der Waals surface area (Å²) in [5, 5.41) is 3.08. The van der Waals surface area contributed by atoms with Gasteiger partial charge in [-0.05, 0) is 13.0 Å². The maximum Gasteiger partial charge on any atom is 0.146 e. The van der Waals surface area contributed by atoms with Crippen LogP contribution in [0.2, 0.25) is 0 Å². The summed E-state index contributed by atoms with van der Waals surface area (Å²) >= 11 is 1.65. The largest absolute Gasteiger partial charge is 0.298 e. The van der Waals surface area contributed by atoms with Gasteiger partial charge in [-0.1, -0.05) is 0 Å². The molecule has 3 nitrogen and oxygen atoms in total. The Morgan fingerprint density at radius 2 is 2.54 bits per heavy atom. The molecule has 0 aromatic carbocycles. The molecule has 0 atom stereocenters. The Morgan fingerprint density at radius 1 is 1.62 bits per heavy atom. The van der Waals surface area contributed by atoms with Crippen molar-refractivity contribution in [3.05, 3.63) is 16.6 Å². The van der Waals surface area contributed by atoms with Gasteiger partial charge in [-0.3, -0.25) is 9.69 Å². The topological polar surface area (TPSA) is 33.2 Å². The van der Waals surface area contributed by atoms with Crippen LogP contribution in [0.1, 0.15) is 17.8 Å². The Kier molecular flexibility index (Phi) is 2.71. The first kappa shape index (κ1) is 8.84. The molecule has 70 valence electrons. The van der Waals surface area contributed by atoms with Gasteiger partial charge < -0.3 is 0 Å². The Bertz CT molecular complexity index is 284. The van der Waals surface area contributed by atoms with E-state index in [0.29, 0.717) is 12.3 Å². The molecule has 0 radical (unpaired) electrons. The molecule has 1 saturated heterocycles. The molecule has 1 aliphatic rings. The van der Waals surface area contributed by atoms with Crippen molar-refractivity contribution in [2.24, 2.45) is 0 Å². The molecular weight excluding hydrogens is 184 g/mol. The van der Waals surface area contributed by atoms with Crippen LogP contribution >= 0.6 is 11.3 Å². The Morgan fingerprint density at radius 3 is 3.23 bits per heavy atom. The van der Waals surface area contributed by atoms with Gasteiger partial charge in [0.25, 0.3) is 0 Å². The number of hydrogen-bond acceptors (Lipinski definition) is 4. The summed E-state index contributed by atoms with van der Waals surface area (Å²) in [7, 11) is 0. The van der Waals surface area contributed by atoms with E-state index in [0.717, 1.165) is 30.9 Å². The highest BCUT2D eigenvalue weighted by atomic mass is 32.1. The maximum absolute atomic E-state index is 11.1. The number of carbonyl (C=O) groups is 1. The van der Waals surface area contributed by atoms with Crippen molar-refractivity contribution in [3.63, 3.8) is 0 Å². The predicted molar refractivity (Wildman–Crippen MR) is 51.6 cm³/mol. The third-order valence-corrected chi connectivity index (χ3v) is 2.94. The fourth-order valence-electron chi connectivity index (χ4n) is 1.56. The zero-order valence-corrected chi connectivity index (χ0v) is 8.22. The molecular formula is C9H12N2OS. The van der Waals surface area contributed by atoms with E-state index < -0.39 is 0 Å². The third-order valence-electron chi connectivity index (χ3n) is 2.17. The molecule has 0 bridgehead atoms. The van der Waals surface area contributed by atoms with E-state index in [1.54, 1.807) is 11.3 Å². The number of nitrogens with zero attached hydrogens (tertiary/aromatic N) is 2. The molecule has 0 amide bonds. The van der Waals surface area contributed by atoms with Crippen molar-refractivity contribution in [1.82, 2.24) is 9.88 Å². The monoisotopic (exact) mass is 196 g/mol. The van der Waals surface area contributed by atoms with Crippen LogP contribution in [0.4, 0.5) is 0 Å². The number of aromatic nitrogens is 1. The molecule has 4 heteroatoms.